The van der Waals surface area contributed by atoms with E-state index in [0.29, 0.717) is 16.7 Å². The Morgan fingerprint density at radius 1 is 1.00 bits per heavy atom. The molecule has 0 heterocycles. The first-order valence-corrected chi connectivity index (χ1v) is 9.80. The first kappa shape index (κ1) is 23.7. The largest absolute Gasteiger partial charge is 0.420 e. The van der Waals surface area contributed by atoms with Gasteiger partial charge in [-0.15, -0.1) is 0 Å². The molecule has 0 spiro atoms. The van der Waals surface area contributed by atoms with Gasteiger partial charge in [-0.3, -0.25) is 9.59 Å². The number of nitriles is 1. The summed E-state index contributed by atoms with van der Waals surface area (Å²) in [7, 11) is 0. The summed E-state index contributed by atoms with van der Waals surface area (Å²) in [4.78, 5) is 24.7. The van der Waals surface area contributed by atoms with Crippen LogP contribution in [0.3, 0.4) is 0 Å². The number of benzene rings is 2. The third-order valence-electron chi connectivity index (χ3n) is 3.68. The minimum Gasteiger partial charge on any atom is -0.420 e. The molecule has 0 aromatic heterocycles. The molecule has 2 aromatic carbocycles. The highest BCUT2D eigenvalue weighted by Gasteiger charge is 2.32. The Bertz CT molecular complexity index is 984. The Morgan fingerprint density at radius 3 is 2.07 bits per heavy atom. The maximum atomic E-state index is 13.6. The molecule has 0 amide bonds. The van der Waals surface area contributed by atoms with Crippen molar-refractivity contribution in [2.45, 2.75) is 29.4 Å². The quantitative estimate of drug-likeness (QED) is 0.131. The maximum absolute atomic E-state index is 13.6. The molecule has 0 N–H and O–H groups in total. The molecule has 0 fully saturated rings. The first-order valence-electron chi connectivity index (χ1n) is 8.17. The van der Waals surface area contributed by atoms with E-state index in [4.69, 9.17) is 0 Å². The molecule has 0 bridgehead atoms. The van der Waals surface area contributed by atoms with Crippen LogP contribution in [0.15, 0.2) is 35.2 Å². The summed E-state index contributed by atoms with van der Waals surface area (Å²) in [6, 6.07) is 10.4. The number of esters is 1. The van der Waals surface area contributed by atoms with Crippen LogP contribution in [0.25, 0.3) is 0 Å². The number of hydrogen-bond donors (Lipinski definition) is 0. The molecular weight excluding hydrogens is 449 g/mol. The number of carbonyl (C=O) groups is 2. The van der Waals surface area contributed by atoms with E-state index >= 15 is 0 Å². The lowest BCUT2D eigenvalue weighted by Gasteiger charge is -2.19. The standard InChI is InChI=1S/C19H12F5NO3S2/c1-19(9-25,30-18(27)29-10-5-3-2-4-6-10)8-7-11(26)28-17-15(23)13(21)12(20)14(22)16(17)24/h2-6H,7-8H2,1H3. The average Bonchev–Trinajstić information content (AvgIpc) is 2.73. The Balaban J connectivity index is 2.02. The van der Waals surface area contributed by atoms with Crippen molar-refractivity contribution in [3.63, 3.8) is 0 Å². The van der Waals surface area contributed by atoms with E-state index in [1.165, 1.54) is 6.92 Å². The molecular formula is C19H12F5NO3S2. The smallest absolute Gasteiger partial charge is 0.311 e. The van der Waals surface area contributed by atoms with Gasteiger partial charge in [0.2, 0.25) is 34.8 Å². The topological polar surface area (TPSA) is 67.2 Å². The summed E-state index contributed by atoms with van der Waals surface area (Å²) in [6.07, 6.45) is -0.886. The van der Waals surface area contributed by atoms with Crippen LogP contribution < -0.4 is 4.74 Å². The molecule has 0 saturated carbocycles. The van der Waals surface area contributed by atoms with E-state index in [-0.39, 0.29) is 6.42 Å². The molecule has 2 rings (SSSR count). The number of rotatable bonds is 6. The highest BCUT2D eigenvalue weighted by molar-refractivity contribution is 8.39. The average molecular weight is 461 g/mol. The van der Waals surface area contributed by atoms with Crippen LogP contribution in [0.1, 0.15) is 19.8 Å². The van der Waals surface area contributed by atoms with Gasteiger partial charge >= 0.3 is 5.97 Å². The molecule has 0 aliphatic rings. The monoisotopic (exact) mass is 461 g/mol. The second-order valence-corrected chi connectivity index (χ2v) is 8.76. The van der Waals surface area contributed by atoms with Crippen LogP contribution in [0, 0.1) is 40.4 Å². The van der Waals surface area contributed by atoms with E-state index in [2.05, 4.69) is 4.74 Å². The van der Waals surface area contributed by atoms with Crippen LogP contribution in [0.4, 0.5) is 26.7 Å². The van der Waals surface area contributed by atoms with Crippen molar-refractivity contribution in [3.8, 4) is 11.8 Å². The summed E-state index contributed by atoms with van der Waals surface area (Å²) < 4.78 is 69.0. The van der Waals surface area contributed by atoms with Crippen LogP contribution in [0.2, 0.25) is 0 Å². The van der Waals surface area contributed by atoms with E-state index in [9.17, 15) is 36.8 Å². The fourth-order valence-corrected chi connectivity index (χ4v) is 4.21. The summed E-state index contributed by atoms with van der Waals surface area (Å²) in [6.45, 7) is 1.37. The predicted octanol–water partition coefficient (Wildman–Crippen LogP) is 6.00. The van der Waals surface area contributed by atoms with Crippen LogP contribution in [0.5, 0.6) is 5.75 Å². The van der Waals surface area contributed by atoms with Gasteiger partial charge in [-0.2, -0.15) is 14.0 Å². The molecule has 0 radical (unpaired) electrons. The molecule has 1 unspecified atom stereocenters. The van der Waals surface area contributed by atoms with Gasteiger partial charge in [-0.1, -0.05) is 30.0 Å². The molecule has 0 saturated heterocycles. The van der Waals surface area contributed by atoms with Crippen molar-refractivity contribution < 1.29 is 36.3 Å². The third-order valence-corrected chi connectivity index (χ3v) is 5.77. The predicted molar refractivity (Wildman–Crippen MR) is 100 cm³/mol. The molecule has 158 valence electrons. The number of thioether (sulfide) groups is 2. The van der Waals surface area contributed by atoms with Gasteiger partial charge in [0.05, 0.1) is 6.07 Å². The maximum Gasteiger partial charge on any atom is 0.311 e. The molecule has 30 heavy (non-hydrogen) atoms. The lowest BCUT2D eigenvalue weighted by atomic mass is 10.1. The summed E-state index contributed by atoms with van der Waals surface area (Å²) in [5.41, 5.74) is 0. The van der Waals surface area contributed by atoms with Gasteiger partial charge in [-0.05, 0) is 37.2 Å². The Morgan fingerprint density at radius 2 is 1.53 bits per heavy atom. The highest BCUT2D eigenvalue weighted by atomic mass is 32.2. The van der Waals surface area contributed by atoms with Crippen molar-refractivity contribution in [1.82, 2.24) is 0 Å². The third kappa shape index (κ3) is 5.73. The van der Waals surface area contributed by atoms with E-state index in [1.54, 1.807) is 30.3 Å². The van der Waals surface area contributed by atoms with Crippen molar-refractivity contribution in [3.05, 3.63) is 59.4 Å². The normalized spacial score (nSPS) is 12.7. The van der Waals surface area contributed by atoms with E-state index < -0.39 is 56.4 Å². The number of hydrogen-bond acceptors (Lipinski definition) is 6. The van der Waals surface area contributed by atoms with Crippen molar-refractivity contribution >= 4 is 33.9 Å². The van der Waals surface area contributed by atoms with Gasteiger partial charge in [0.25, 0.3) is 4.45 Å². The number of nitrogens with zero attached hydrogens (tertiary/aromatic N) is 1. The molecule has 0 aliphatic heterocycles. The molecule has 11 heteroatoms. The fraction of sp³-hybridized carbons (Fsp3) is 0.211. The lowest BCUT2D eigenvalue weighted by Crippen LogP contribution is -2.22. The Labute approximate surface area is 176 Å². The summed E-state index contributed by atoms with van der Waals surface area (Å²) in [5.74, 6) is -14.5. The van der Waals surface area contributed by atoms with Gasteiger partial charge in [-0.25, -0.2) is 13.2 Å². The van der Waals surface area contributed by atoms with Crippen LogP contribution >= 0.6 is 23.5 Å². The van der Waals surface area contributed by atoms with Gasteiger partial charge < -0.3 is 4.74 Å². The van der Waals surface area contributed by atoms with Crippen molar-refractivity contribution in [2.75, 3.05) is 0 Å². The molecule has 4 nitrogen and oxygen atoms in total. The zero-order valence-electron chi connectivity index (χ0n) is 15.2. The van der Waals surface area contributed by atoms with Crippen LogP contribution in [-0.2, 0) is 4.79 Å². The second kappa shape index (κ2) is 9.95. The van der Waals surface area contributed by atoms with Gasteiger partial charge in [0.15, 0.2) is 0 Å². The van der Waals surface area contributed by atoms with Gasteiger partial charge in [0.1, 0.15) is 4.75 Å². The Hall–Kier alpha value is -2.58. The van der Waals surface area contributed by atoms with Crippen molar-refractivity contribution in [2.24, 2.45) is 0 Å². The number of carbonyl (C=O) groups excluding carboxylic acids is 2. The molecule has 2 aromatic rings. The number of halogens is 5. The SMILES string of the molecule is CC(C#N)(CCC(=O)Oc1c(F)c(F)c(F)c(F)c1F)SC(=O)Sc1ccccc1. The summed E-state index contributed by atoms with van der Waals surface area (Å²) in [5, 5.41) is 9.35. The van der Waals surface area contributed by atoms with Gasteiger partial charge in [0, 0.05) is 11.3 Å². The molecule has 1 atom stereocenters. The Kier molecular flexibility index (Phi) is 7.86. The summed E-state index contributed by atoms with van der Waals surface area (Å²) >= 11 is 1.51. The van der Waals surface area contributed by atoms with E-state index in [1.807, 2.05) is 6.07 Å². The zero-order valence-corrected chi connectivity index (χ0v) is 16.8. The van der Waals surface area contributed by atoms with Crippen molar-refractivity contribution in [1.29, 1.82) is 5.26 Å². The lowest BCUT2D eigenvalue weighted by molar-refractivity contribution is -0.135. The van der Waals surface area contributed by atoms with Crippen LogP contribution in [-0.4, -0.2) is 15.2 Å². The van der Waals surface area contributed by atoms with E-state index in [0.717, 1.165) is 11.8 Å². The minimum atomic E-state index is -2.38. The zero-order chi connectivity index (χ0) is 22.5. The second-order valence-electron chi connectivity index (χ2n) is 5.98. The fourth-order valence-electron chi connectivity index (χ4n) is 2.10. The number of ether oxygens (including phenoxy) is 1. The highest BCUT2D eigenvalue weighted by Crippen LogP contribution is 2.37. The first-order chi connectivity index (χ1) is 14.1. The minimum absolute atomic E-state index is 0.274. The molecule has 0 aliphatic carbocycles.